The Bertz CT molecular complexity index is 346. The van der Waals surface area contributed by atoms with E-state index in [1.165, 1.54) is 31.2 Å². The lowest BCUT2D eigenvalue weighted by atomic mass is 9.86. The molecule has 1 aromatic rings. The summed E-state index contributed by atoms with van der Waals surface area (Å²) in [5.74, 6) is 0.709. The standard InChI is InChI=1S/C13H16ClN/c14-10-3-1-9(2-4-10)12-7-5-11-6-8-13(12)15-11/h1-4,11-13,15H,5-8H2. The minimum atomic E-state index is 0.709. The molecule has 1 N–H and O–H groups in total. The lowest BCUT2D eigenvalue weighted by molar-refractivity contribution is 0.359. The van der Waals surface area contributed by atoms with E-state index < -0.39 is 0 Å². The van der Waals surface area contributed by atoms with Crippen molar-refractivity contribution in [1.29, 1.82) is 0 Å². The first-order valence-electron chi connectivity index (χ1n) is 5.84. The zero-order chi connectivity index (χ0) is 10.3. The Morgan fingerprint density at radius 2 is 1.73 bits per heavy atom. The zero-order valence-corrected chi connectivity index (χ0v) is 9.50. The van der Waals surface area contributed by atoms with Gasteiger partial charge in [-0.25, -0.2) is 0 Å². The molecule has 2 bridgehead atoms. The Labute approximate surface area is 95.8 Å². The minimum Gasteiger partial charge on any atom is -0.311 e. The quantitative estimate of drug-likeness (QED) is 0.767. The van der Waals surface area contributed by atoms with Crippen LogP contribution in [0.1, 0.15) is 37.2 Å². The molecule has 2 heteroatoms. The lowest BCUT2D eigenvalue weighted by Gasteiger charge is -2.30. The van der Waals surface area contributed by atoms with Gasteiger partial charge < -0.3 is 5.32 Å². The lowest BCUT2D eigenvalue weighted by Crippen LogP contribution is -2.38. The fourth-order valence-corrected chi connectivity index (χ4v) is 3.21. The van der Waals surface area contributed by atoms with Gasteiger partial charge in [0.2, 0.25) is 0 Å². The Hall–Kier alpha value is -0.530. The molecular weight excluding hydrogens is 206 g/mol. The Morgan fingerprint density at radius 1 is 1.00 bits per heavy atom. The van der Waals surface area contributed by atoms with E-state index in [1.54, 1.807) is 0 Å². The average molecular weight is 222 g/mol. The summed E-state index contributed by atoms with van der Waals surface area (Å²) < 4.78 is 0. The van der Waals surface area contributed by atoms with E-state index in [9.17, 15) is 0 Å². The summed E-state index contributed by atoms with van der Waals surface area (Å²) >= 11 is 5.91. The fourth-order valence-electron chi connectivity index (χ4n) is 3.09. The van der Waals surface area contributed by atoms with E-state index in [0.29, 0.717) is 12.0 Å². The molecule has 3 unspecified atom stereocenters. The monoisotopic (exact) mass is 221 g/mol. The summed E-state index contributed by atoms with van der Waals surface area (Å²) in [5, 5.41) is 4.56. The summed E-state index contributed by atoms with van der Waals surface area (Å²) in [6, 6.07) is 9.92. The molecule has 1 aromatic carbocycles. The van der Waals surface area contributed by atoms with Crippen LogP contribution in [0.2, 0.25) is 5.02 Å². The van der Waals surface area contributed by atoms with Crippen molar-refractivity contribution >= 4 is 11.6 Å². The molecule has 2 heterocycles. The van der Waals surface area contributed by atoms with Crippen molar-refractivity contribution in [3.63, 3.8) is 0 Å². The maximum atomic E-state index is 5.91. The predicted octanol–water partition coefficient (Wildman–Crippen LogP) is 3.34. The maximum absolute atomic E-state index is 5.91. The van der Waals surface area contributed by atoms with Crippen LogP contribution < -0.4 is 5.32 Å². The van der Waals surface area contributed by atoms with Crippen LogP contribution in [-0.4, -0.2) is 12.1 Å². The summed E-state index contributed by atoms with van der Waals surface area (Å²) in [5.41, 5.74) is 1.46. The number of hydrogen-bond donors (Lipinski definition) is 1. The first kappa shape index (κ1) is 9.68. The highest BCUT2D eigenvalue weighted by atomic mass is 35.5. The van der Waals surface area contributed by atoms with Gasteiger partial charge in [0.05, 0.1) is 0 Å². The maximum Gasteiger partial charge on any atom is 0.0406 e. The third-order valence-corrected chi connectivity index (χ3v) is 4.14. The van der Waals surface area contributed by atoms with Crippen molar-refractivity contribution in [1.82, 2.24) is 5.32 Å². The van der Waals surface area contributed by atoms with E-state index in [0.717, 1.165) is 11.1 Å². The highest BCUT2D eigenvalue weighted by Crippen LogP contribution is 2.37. The van der Waals surface area contributed by atoms with Gasteiger partial charge in [-0.2, -0.15) is 0 Å². The molecule has 0 spiro atoms. The van der Waals surface area contributed by atoms with Crippen molar-refractivity contribution in [2.24, 2.45) is 0 Å². The van der Waals surface area contributed by atoms with Gasteiger partial charge in [-0.3, -0.25) is 0 Å². The van der Waals surface area contributed by atoms with Crippen molar-refractivity contribution in [2.45, 2.75) is 43.7 Å². The smallest absolute Gasteiger partial charge is 0.0406 e. The normalized spacial score (nSPS) is 34.3. The van der Waals surface area contributed by atoms with Gasteiger partial charge in [0, 0.05) is 17.1 Å². The van der Waals surface area contributed by atoms with Gasteiger partial charge in [0.15, 0.2) is 0 Å². The summed E-state index contributed by atoms with van der Waals surface area (Å²) in [6.07, 6.45) is 5.39. The van der Waals surface area contributed by atoms with Crippen LogP contribution in [0.15, 0.2) is 24.3 Å². The van der Waals surface area contributed by atoms with E-state index >= 15 is 0 Å². The van der Waals surface area contributed by atoms with Crippen molar-refractivity contribution < 1.29 is 0 Å². The number of piperidine rings is 1. The number of nitrogens with one attached hydrogen (secondary N) is 1. The second-order valence-corrected chi connectivity index (χ2v) is 5.22. The van der Waals surface area contributed by atoms with E-state index in [4.69, 9.17) is 11.6 Å². The third-order valence-electron chi connectivity index (χ3n) is 3.89. The Morgan fingerprint density at radius 3 is 2.53 bits per heavy atom. The number of benzene rings is 1. The molecule has 1 nitrogen and oxygen atoms in total. The van der Waals surface area contributed by atoms with Crippen molar-refractivity contribution in [3.8, 4) is 0 Å². The van der Waals surface area contributed by atoms with Gasteiger partial charge in [-0.05, 0) is 49.3 Å². The summed E-state index contributed by atoms with van der Waals surface area (Å²) in [7, 11) is 0. The van der Waals surface area contributed by atoms with Crippen molar-refractivity contribution in [3.05, 3.63) is 34.9 Å². The molecule has 0 saturated carbocycles. The average Bonchev–Trinajstić information content (AvgIpc) is 2.63. The van der Waals surface area contributed by atoms with Crippen LogP contribution in [0, 0.1) is 0 Å². The molecule has 80 valence electrons. The number of hydrogen-bond acceptors (Lipinski definition) is 1. The minimum absolute atomic E-state index is 0.709. The molecule has 3 rings (SSSR count). The van der Waals surface area contributed by atoms with E-state index in [1.807, 2.05) is 12.1 Å². The summed E-state index contributed by atoms with van der Waals surface area (Å²) in [4.78, 5) is 0. The second kappa shape index (κ2) is 3.80. The molecule has 3 atom stereocenters. The van der Waals surface area contributed by atoms with Gasteiger partial charge >= 0.3 is 0 Å². The number of fused-ring (bicyclic) bond motifs is 2. The van der Waals surface area contributed by atoms with Crippen molar-refractivity contribution in [2.75, 3.05) is 0 Å². The molecule has 15 heavy (non-hydrogen) atoms. The highest BCUT2D eigenvalue weighted by Gasteiger charge is 2.35. The highest BCUT2D eigenvalue weighted by molar-refractivity contribution is 6.30. The van der Waals surface area contributed by atoms with Gasteiger partial charge in [-0.1, -0.05) is 23.7 Å². The summed E-state index contributed by atoms with van der Waals surface area (Å²) in [6.45, 7) is 0. The molecule has 2 saturated heterocycles. The SMILES string of the molecule is Clc1ccc(C2CCC3CCC2N3)cc1. The van der Waals surface area contributed by atoms with Crippen LogP contribution in [-0.2, 0) is 0 Å². The van der Waals surface area contributed by atoms with Crippen LogP contribution in [0.4, 0.5) is 0 Å². The molecule has 2 aliphatic rings. The molecule has 0 amide bonds. The first-order valence-corrected chi connectivity index (χ1v) is 6.22. The molecule has 0 aliphatic carbocycles. The molecule has 0 aromatic heterocycles. The Balaban J connectivity index is 1.84. The van der Waals surface area contributed by atoms with Gasteiger partial charge in [0.25, 0.3) is 0 Å². The molecular formula is C13H16ClN. The third kappa shape index (κ3) is 1.79. The second-order valence-electron chi connectivity index (χ2n) is 4.78. The molecule has 0 radical (unpaired) electrons. The zero-order valence-electron chi connectivity index (χ0n) is 8.75. The number of halogens is 1. The molecule has 2 aliphatic heterocycles. The van der Waals surface area contributed by atoms with Gasteiger partial charge in [0.1, 0.15) is 0 Å². The van der Waals surface area contributed by atoms with E-state index in [-0.39, 0.29) is 0 Å². The fraction of sp³-hybridized carbons (Fsp3) is 0.538. The van der Waals surface area contributed by atoms with Crippen LogP contribution in [0.5, 0.6) is 0 Å². The van der Waals surface area contributed by atoms with Crippen LogP contribution >= 0.6 is 11.6 Å². The molecule has 2 fully saturated rings. The van der Waals surface area contributed by atoms with Crippen LogP contribution in [0.3, 0.4) is 0 Å². The number of rotatable bonds is 1. The first-order chi connectivity index (χ1) is 7.33. The topological polar surface area (TPSA) is 12.0 Å². The largest absolute Gasteiger partial charge is 0.311 e. The van der Waals surface area contributed by atoms with E-state index in [2.05, 4.69) is 17.4 Å². The predicted molar refractivity (Wildman–Crippen MR) is 63.4 cm³/mol. The Kier molecular flexibility index (Phi) is 2.45. The van der Waals surface area contributed by atoms with Gasteiger partial charge in [-0.15, -0.1) is 0 Å². The van der Waals surface area contributed by atoms with Crippen LogP contribution in [0.25, 0.3) is 0 Å².